The van der Waals surface area contributed by atoms with Crippen LogP contribution in [0.2, 0.25) is 0 Å². The van der Waals surface area contributed by atoms with Gasteiger partial charge in [0.05, 0.1) is 5.56 Å². The van der Waals surface area contributed by atoms with Crippen LogP contribution in [0.1, 0.15) is 35.0 Å². The highest BCUT2D eigenvalue weighted by molar-refractivity contribution is 7.16. The number of rotatable bonds is 4. The molecule has 1 aromatic heterocycles. The van der Waals surface area contributed by atoms with Crippen molar-refractivity contribution >= 4 is 28.2 Å². The lowest BCUT2D eigenvalue weighted by atomic mass is 10.1. The van der Waals surface area contributed by atoms with Crippen molar-refractivity contribution in [2.45, 2.75) is 26.2 Å². The van der Waals surface area contributed by atoms with Gasteiger partial charge >= 0.3 is 5.97 Å². The van der Waals surface area contributed by atoms with Gasteiger partial charge in [0.15, 0.2) is 0 Å². The number of allylic oxidation sites excluding steroid dienone is 2. The van der Waals surface area contributed by atoms with Crippen LogP contribution in [0.5, 0.6) is 0 Å². The molecular weight excluding hydrogens is 250 g/mol. The Bertz CT molecular complexity index is 496. The van der Waals surface area contributed by atoms with Crippen LogP contribution in [-0.2, 0) is 11.2 Å². The first kappa shape index (κ1) is 12.8. The maximum atomic E-state index is 11.9. The fourth-order valence-corrected chi connectivity index (χ4v) is 2.90. The van der Waals surface area contributed by atoms with E-state index < -0.39 is 5.97 Å². The Labute approximate surface area is 109 Å². The van der Waals surface area contributed by atoms with E-state index in [1.807, 2.05) is 19.1 Å². The topological polar surface area (TPSA) is 66.4 Å². The van der Waals surface area contributed by atoms with Crippen molar-refractivity contribution < 1.29 is 14.7 Å². The SMILES string of the molecule is CCc1cc(C(=O)O)c(NC(=O)C2CC=CC2)s1. The van der Waals surface area contributed by atoms with Gasteiger partial charge in [-0.15, -0.1) is 11.3 Å². The van der Waals surface area contributed by atoms with Crippen molar-refractivity contribution in [1.29, 1.82) is 0 Å². The molecule has 1 amide bonds. The first-order valence-electron chi connectivity index (χ1n) is 5.93. The van der Waals surface area contributed by atoms with Crippen molar-refractivity contribution in [3.8, 4) is 0 Å². The number of aromatic carboxylic acids is 1. The highest BCUT2D eigenvalue weighted by atomic mass is 32.1. The molecule has 1 aromatic rings. The van der Waals surface area contributed by atoms with E-state index >= 15 is 0 Å². The molecule has 0 spiro atoms. The summed E-state index contributed by atoms with van der Waals surface area (Å²) in [6.45, 7) is 1.96. The van der Waals surface area contributed by atoms with Gasteiger partial charge in [-0.3, -0.25) is 4.79 Å². The van der Waals surface area contributed by atoms with Crippen LogP contribution < -0.4 is 5.32 Å². The first-order valence-corrected chi connectivity index (χ1v) is 6.75. The molecule has 1 aliphatic rings. The van der Waals surface area contributed by atoms with E-state index in [0.29, 0.717) is 5.00 Å². The maximum Gasteiger partial charge on any atom is 0.338 e. The number of carboxylic acid groups (broad SMARTS) is 1. The summed E-state index contributed by atoms with van der Waals surface area (Å²) in [6.07, 6.45) is 6.20. The van der Waals surface area contributed by atoms with Crippen LogP contribution in [0.25, 0.3) is 0 Å². The summed E-state index contributed by atoms with van der Waals surface area (Å²) >= 11 is 1.34. The van der Waals surface area contributed by atoms with Crippen LogP contribution >= 0.6 is 11.3 Å². The highest BCUT2D eigenvalue weighted by Crippen LogP contribution is 2.30. The largest absolute Gasteiger partial charge is 0.478 e. The van der Waals surface area contributed by atoms with E-state index in [4.69, 9.17) is 5.11 Å². The second-order valence-electron chi connectivity index (χ2n) is 4.24. The molecule has 0 radical (unpaired) electrons. The van der Waals surface area contributed by atoms with Crippen LogP contribution in [0.3, 0.4) is 0 Å². The number of hydrogen-bond donors (Lipinski definition) is 2. The monoisotopic (exact) mass is 265 g/mol. The average molecular weight is 265 g/mol. The second-order valence-corrected chi connectivity index (χ2v) is 5.38. The Morgan fingerprint density at radius 2 is 2.11 bits per heavy atom. The molecule has 5 heteroatoms. The Hall–Kier alpha value is -1.62. The first-order chi connectivity index (χ1) is 8.61. The molecule has 96 valence electrons. The molecule has 18 heavy (non-hydrogen) atoms. The van der Waals surface area contributed by atoms with Crippen molar-refractivity contribution in [2.24, 2.45) is 5.92 Å². The number of amides is 1. The van der Waals surface area contributed by atoms with E-state index in [0.717, 1.165) is 24.1 Å². The summed E-state index contributed by atoms with van der Waals surface area (Å²) < 4.78 is 0. The minimum atomic E-state index is -0.995. The molecule has 4 nitrogen and oxygen atoms in total. The highest BCUT2D eigenvalue weighted by Gasteiger charge is 2.22. The number of hydrogen-bond acceptors (Lipinski definition) is 3. The number of carboxylic acids is 1. The van der Waals surface area contributed by atoms with Crippen molar-refractivity contribution in [3.05, 3.63) is 28.7 Å². The molecule has 0 unspecified atom stereocenters. The number of aryl methyl sites for hydroxylation is 1. The molecule has 0 aromatic carbocycles. The van der Waals surface area contributed by atoms with Gasteiger partial charge in [-0.25, -0.2) is 4.79 Å². The molecule has 0 atom stereocenters. The lowest BCUT2D eigenvalue weighted by Crippen LogP contribution is -2.21. The van der Waals surface area contributed by atoms with Gasteiger partial charge in [0.2, 0.25) is 5.91 Å². The van der Waals surface area contributed by atoms with E-state index in [2.05, 4.69) is 5.32 Å². The van der Waals surface area contributed by atoms with Gasteiger partial charge in [-0.05, 0) is 25.3 Å². The third kappa shape index (κ3) is 2.61. The van der Waals surface area contributed by atoms with E-state index in [1.54, 1.807) is 6.07 Å². The molecule has 1 aliphatic carbocycles. The normalized spacial score (nSPS) is 14.9. The zero-order valence-electron chi connectivity index (χ0n) is 10.1. The van der Waals surface area contributed by atoms with Crippen LogP contribution in [0.4, 0.5) is 5.00 Å². The summed E-state index contributed by atoms with van der Waals surface area (Å²) in [6, 6.07) is 1.63. The van der Waals surface area contributed by atoms with Gasteiger partial charge in [-0.2, -0.15) is 0 Å². The zero-order valence-corrected chi connectivity index (χ0v) is 10.9. The summed E-state index contributed by atoms with van der Waals surface area (Å²) in [5.41, 5.74) is 0.191. The molecule has 2 rings (SSSR count). The van der Waals surface area contributed by atoms with Gasteiger partial charge in [0, 0.05) is 10.8 Å². The number of carbonyl (C=O) groups is 2. The van der Waals surface area contributed by atoms with E-state index in [1.165, 1.54) is 11.3 Å². The summed E-state index contributed by atoms with van der Waals surface area (Å²) in [5, 5.41) is 12.3. The number of anilines is 1. The smallest absolute Gasteiger partial charge is 0.338 e. The standard InChI is InChI=1S/C13H15NO3S/c1-2-9-7-10(13(16)17)12(18-9)14-11(15)8-5-3-4-6-8/h3-4,7-8H,2,5-6H2,1H3,(H,14,15)(H,16,17). The Balaban J connectivity index is 2.14. The average Bonchev–Trinajstić information content (AvgIpc) is 2.97. The maximum absolute atomic E-state index is 11.9. The minimum Gasteiger partial charge on any atom is -0.478 e. The van der Waals surface area contributed by atoms with Gasteiger partial charge in [-0.1, -0.05) is 19.1 Å². The number of carbonyl (C=O) groups excluding carboxylic acids is 1. The van der Waals surface area contributed by atoms with Gasteiger partial charge < -0.3 is 10.4 Å². The number of thiophene rings is 1. The predicted molar refractivity (Wildman–Crippen MR) is 71.2 cm³/mol. The molecular formula is C13H15NO3S. The third-order valence-electron chi connectivity index (χ3n) is 2.98. The van der Waals surface area contributed by atoms with Gasteiger partial charge in [0.1, 0.15) is 5.00 Å². The quantitative estimate of drug-likeness (QED) is 0.823. The van der Waals surface area contributed by atoms with Gasteiger partial charge in [0.25, 0.3) is 0 Å². The molecule has 1 heterocycles. The Morgan fingerprint density at radius 3 is 2.67 bits per heavy atom. The molecule has 0 fully saturated rings. The Kier molecular flexibility index (Phi) is 3.81. The van der Waals surface area contributed by atoms with Crippen LogP contribution in [0.15, 0.2) is 18.2 Å². The molecule has 0 aliphatic heterocycles. The lowest BCUT2D eigenvalue weighted by molar-refractivity contribution is -0.119. The fraction of sp³-hybridized carbons (Fsp3) is 0.385. The fourth-order valence-electron chi connectivity index (χ4n) is 1.91. The van der Waals surface area contributed by atoms with Crippen molar-refractivity contribution in [2.75, 3.05) is 5.32 Å². The molecule has 0 saturated heterocycles. The van der Waals surface area contributed by atoms with Crippen molar-refractivity contribution in [1.82, 2.24) is 0 Å². The van der Waals surface area contributed by atoms with Crippen LogP contribution in [-0.4, -0.2) is 17.0 Å². The summed E-state index contributed by atoms with van der Waals surface area (Å²) in [4.78, 5) is 24.0. The minimum absolute atomic E-state index is 0.0566. The van der Waals surface area contributed by atoms with E-state index in [9.17, 15) is 9.59 Å². The van der Waals surface area contributed by atoms with E-state index in [-0.39, 0.29) is 17.4 Å². The number of nitrogens with one attached hydrogen (secondary N) is 1. The summed E-state index contributed by atoms with van der Waals surface area (Å²) in [7, 11) is 0. The second kappa shape index (κ2) is 5.35. The zero-order chi connectivity index (χ0) is 13.1. The lowest BCUT2D eigenvalue weighted by Gasteiger charge is -2.09. The third-order valence-corrected chi connectivity index (χ3v) is 4.17. The molecule has 0 bridgehead atoms. The van der Waals surface area contributed by atoms with Crippen LogP contribution in [0, 0.1) is 5.92 Å². The summed E-state index contributed by atoms with van der Waals surface area (Å²) in [5.74, 6) is -1.14. The molecule has 0 saturated carbocycles. The molecule has 2 N–H and O–H groups in total. The predicted octanol–water partition coefficient (Wildman–Crippen LogP) is 2.91. The van der Waals surface area contributed by atoms with Crippen molar-refractivity contribution in [3.63, 3.8) is 0 Å². The Morgan fingerprint density at radius 1 is 1.44 bits per heavy atom.